The van der Waals surface area contributed by atoms with Crippen LogP contribution >= 0.6 is 0 Å². The number of hydrogen-bond acceptors (Lipinski definition) is 4. The molecule has 0 spiro atoms. The molecule has 0 radical (unpaired) electrons. The number of pyridine rings is 1. The van der Waals surface area contributed by atoms with Gasteiger partial charge in [0.2, 0.25) is 0 Å². The lowest BCUT2D eigenvalue weighted by molar-refractivity contribution is 0.0950. The Kier molecular flexibility index (Phi) is 9.33. The van der Waals surface area contributed by atoms with Crippen molar-refractivity contribution in [3.63, 3.8) is 0 Å². The highest BCUT2D eigenvalue weighted by Gasteiger charge is 2.09. The molecule has 1 aromatic heterocycles. The number of aromatic nitrogens is 1. The summed E-state index contributed by atoms with van der Waals surface area (Å²) in [5, 5.41) is 3.03. The van der Waals surface area contributed by atoms with E-state index in [2.05, 4.69) is 29.0 Å². The summed E-state index contributed by atoms with van der Waals surface area (Å²) in [4.78, 5) is 31.4. The number of ketones is 1. The van der Waals surface area contributed by atoms with Crippen molar-refractivity contribution < 1.29 is 9.59 Å². The maximum atomic E-state index is 12.5. The van der Waals surface area contributed by atoms with Gasteiger partial charge in [0.15, 0.2) is 5.78 Å². The van der Waals surface area contributed by atoms with Crippen molar-refractivity contribution in [2.75, 3.05) is 26.2 Å². The van der Waals surface area contributed by atoms with E-state index >= 15 is 0 Å². The van der Waals surface area contributed by atoms with E-state index in [0.29, 0.717) is 30.5 Å². The van der Waals surface area contributed by atoms with Crippen molar-refractivity contribution in [1.29, 1.82) is 0 Å². The molecule has 5 heteroatoms. The lowest BCUT2D eigenvalue weighted by atomic mass is 9.99. The predicted molar refractivity (Wildman–Crippen MR) is 133 cm³/mol. The molecule has 172 valence electrons. The van der Waals surface area contributed by atoms with Gasteiger partial charge >= 0.3 is 0 Å². The van der Waals surface area contributed by atoms with Gasteiger partial charge in [-0.05, 0) is 73.4 Å². The highest BCUT2D eigenvalue weighted by Crippen LogP contribution is 2.14. The lowest BCUT2D eigenvalue weighted by Gasteiger charge is -2.17. The van der Waals surface area contributed by atoms with E-state index in [4.69, 9.17) is 0 Å². The molecule has 0 bridgehead atoms. The van der Waals surface area contributed by atoms with Crippen molar-refractivity contribution in [1.82, 2.24) is 15.2 Å². The van der Waals surface area contributed by atoms with Crippen molar-refractivity contribution >= 4 is 11.7 Å². The molecule has 1 heterocycles. The maximum Gasteiger partial charge on any atom is 0.251 e. The fraction of sp³-hybridized carbons (Fsp3) is 0.321. The molecule has 0 saturated carbocycles. The smallest absolute Gasteiger partial charge is 0.251 e. The van der Waals surface area contributed by atoms with Crippen molar-refractivity contribution in [2.24, 2.45) is 0 Å². The van der Waals surface area contributed by atoms with Crippen molar-refractivity contribution in [3.8, 4) is 0 Å². The normalized spacial score (nSPS) is 10.9. The Bertz CT molecular complexity index is 1030. The summed E-state index contributed by atoms with van der Waals surface area (Å²) in [6.45, 7) is 8.05. The minimum Gasteiger partial charge on any atom is -0.352 e. The minimum absolute atomic E-state index is 0.0338. The standard InChI is InChI=1S/C28H33N3O2/c1-3-31(4-2)18-6-15-30-28(33)26-8-5-7-24(20-26)19-22-9-11-25(12-10-22)27(32)21-23-13-16-29-17-14-23/h5,7-14,16-17,20H,3-4,6,15,18-19,21H2,1-2H3,(H,30,33). The molecular formula is C28H33N3O2. The summed E-state index contributed by atoms with van der Waals surface area (Å²) in [6.07, 6.45) is 5.42. The number of carbonyl (C=O) groups is 2. The molecule has 0 fully saturated rings. The van der Waals surface area contributed by atoms with Crippen LogP contribution in [0.15, 0.2) is 73.1 Å². The number of nitrogens with zero attached hydrogens (tertiary/aromatic N) is 2. The average molecular weight is 444 g/mol. The molecule has 0 unspecified atom stereocenters. The fourth-order valence-corrected chi connectivity index (χ4v) is 3.80. The molecular weight excluding hydrogens is 410 g/mol. The third-order valence-corrected chi connectivity index (χ3v) is 5.82. The lowest BCUT2D eigenvalue weighted by Crippen LogP contribution is -2.29. The third kappa shape index (κ3) is 7.65. The quantitative estimate of drug-likeness (QED) is 0.329. The van der Waals surface area contributed by atoms with E-state index < -0.39 is 0 Å². The minimum atomic E-state index is -0.0338. The number of amides is 1. The van der Waals surface area contributed by atoms with E-state index in [1.54, 1.807) is 12.4 Å². The van der Waals surface area contributed by atoms with Crippen LogP contribution in [0.4, 0.5) is 0 Å². The second-order valence-corrected chi connectivity index (χ2v) is 8.17. The first-order valence-electron chi connectivity index (χ1n) is 11.7. The topological polar surface area (TPSA) is 62.3 Å². The zero-order chi connectivity index (χ0) is 23.5. The molecule has 0 atom stereocenters. The van der Waals surface area contributed by atoms with Gasteiger partial charge in [0.1, 0.15) is 0 Å². The van der Waals surface area contributed by atoms with Crippen molar-refractivity contribution in [3.05, 3.63) is 101 Å². The fourth-order valence-electron chi connectivity index (χ4n) is 3.80. The molecule has 1 N–H and O–H groups in total. The van der Waals surface area contributed by atoms with Crippen LogP contribution in [0, 0.1) is 0 Å². The van der Waals surface area contributed by atoms with Gasteiger partial charge in [-0.2, -0.15) is 0 Å². The first kappa shape index (κ1) is 24.3. The third-order valence-electron chi connectivity index (χ3n) is 5.82. The highest BCUT2D eigenvalue weighted by atomic mass is 16.1. The first-order valence-corrected chi connectivity index (χ1v) is 11.7. The van der Waals surface area contributed by atoms with Gasteiger partial charge in [0.25, 0.3) is 5.91 Å². The Balaban J connectivity index is 1.53. The number of Topliss-reactive ketones (excluding diaryl/α,β-unsaturated/α-hetero) is 1. The van der Waals surface area contributed by atoms with Crippen LogP contribution in [0.5, 0.6) is 0 Å². The van der Waals surface area contributed by atoms with Crippen LogP contribution in [0.3, 0.4) is 0 Å². The van der Waals surface area contributed by atoms with E-state index in [1.165, 1.54) is 0 Å². The van der Waals surface area contributed by atoms with E-state index in [0.717, 1.165) is 42.7 Å². The number of carbonyl (C=O) groups excluding carboxylic acids is 2. The molecule has 1 amide bonds. The SMILES string of the molecule is CCN(CC)CCCNC(=O)c1cccc(Cc2ccc(C(=O)Cc3ccncc3)cc2)c1. The van der Waals surface area contributed by atoms with Crippen LogP contribution in [0.25, 0.3) is 0 Å². The average Bonchev–Trinajstić information content (AvgIpc) is 2.85. The van der Waals surface area contributed by atoms with Gasteiger partial charge < -0.3 is 10.2 Å². The van der Waals surface area contributed by atoms with E-state index in [9.17, 15) is 9.59 Å². The van der Waals surface area contributed by atoms with Crippen molar-refractivity contribution in [2.45, 2.75) is 33.1 Å². The first-order chi connectivity index (χ1) is 16.1. The number of benzene rings is 2. The second-order valence-electron chi connectivity index (χ2n) is 8.17. The maximum absolute atomic E-state index is 12.5. The van der Waals surface area contributed by atoms with Crippen LogP contribution in [-0.2, 0) is 12.8 Å². The van der Waals surface area contributed by atoms with Crippen LogP contribution in [0.2, 0.25) is 0 Å². The summed E-state index contributed by atoms with van der Waals surface area (Å²) in [7, 11) is 0. The molecule has 0 aliphatic rings. The molecule has 3 rings (SSSR count). The van der Waals surface area contributed by atoms with Gasteiger partial charge in [-0.15, -0.1) is 0 Å². The predicted octanol–water partition coefficient (Wildman–Crippen LogP) is 4.56. The van der Waals surface area contributed by atoms with Crippen LogP contribution in [-0.4, -0.2) is 47.8 Å². The molecule has 2 aromatic carbocycles. The zero-order valence-electron chi connectivity index (χ0n) is 19.6. The zero-order valence-corrected chi connectivity index (χ0v) is 19.6. The number of hydrogen-bond donors (Lipinski definition) is 1. The Morgan fingerprint density at radius 1 is 0.848 bits per heavy atom. The molecule has 0 aliphatic carbocycles. The van der Waals surface area contributed by atoms with Gasteiger partial charge in [-0.3, -0.25) is 14.6 Å². The van der Waals surface area contributed by atoms with E-state index in [1.807, 2.05) is 60.7 Å². The number of rotatable bonds is 12. The summed E-state index contributed by atoms with van der Waals surface area (Å²) in [5.41, 5.74) is 4.52. The molecule has 0 aliphatic heterocycles. The van der Waals surface area contributed by atoms with Gasteiger partial charge in [0.05, 0.1) is 0 Å². The summed E-state index contributed by atoms with van der Waals surface area (Å²) in [5.74, 6) is 0.0564. The molecule has 0 saturated heterocycles. The Labute approximate surface area is 196 Å². The molecule has 33 heavy (non-hydrogen) atoms. The second kappa shape index (κ2) is 12.7. The summed E-state index contributed by atoms with van der Waals surface area (Å²) >= 11 is 0. The summed E-state index contributed by atoms with van der Waals surface area (Å²) < 4.78 is 0. The van der Waals surface area contributed by atoms with E-state index in [-0.39, 0.29) is 11.7 Å². The largest absolute Gasteiger partial charge is 0.352 e. The Morgan fingerprint density at radius 2 is 1.58 bits per heavy atom. The highest BCUT2D eigenvalue weighted by molar-refractivity contribution is 5.97. The molecule has 5 nitrogen and oxygen atoms in total. The van der Waals surface area contributed by atoms with Gasteiger partial charge in [0, 0.05) is 36.5 Å². The van der Waals surface area contributed by atoms with Crippen LogP contribution < -0.4 is 5.32 Å². The van der Waals surface area contributed by atoms with Gasteiger partial charge in [-0.1, -0.05) is 50.2 Å². The summed E-state index contributed by atoms with van der Waals surface area (Å²) in [6, 6.07) is 19.2. The number of nitrogens with one attached hydrogen (secondary N) is 1. The Morgan fingerprint density at radius 3 is 2.27 bits per heavy atom. The Hall–Kier alpha value is -3.31. The van der Waals surface area contributed by atoms with Gasteiger partial charge in [-0.25, -0.2) is 0 Å². The monoisotopic (exact) mass is 443 g/mol. The molecule has 3 aromatic rings. The van der Waals surface area contributed by atoms with Crippen LogP contribution in [0.1, 0.15) is 57.7 Å².